The van der Waals surface area contributed by atoms with Gasteiger partial charge >= 0.3 is 5.97 Å². The van der Waals surface area contributed by atoms with Crippen molar-refractivity contribution < 1.29 is 14.6 Å². The lowest BCUT2D eigenvalue weighted by atomic mass is 10.2. The predicted molar refractivity (Wildman–Crippen MR) is 72.5 cm³/mol. The van der Waals surface area contributed by atoms with Gasteiger partial charge in [-0.3, -0.25) is 0 Å². The van der Waals surface area contributed by atoms with Gasteiger partial charge in [-0.1, -0.05) is 23.2 Å². The van der Waals surface area contributed by atoms with Crippen LogP contribution in [0.5, 0.6) is 11.6 Å². The van der Waals surface area contributed by atoms with E-state index < -0.39 is 5.97 Å². The minimum Gasteiger partial charge on any atom is -0.478 e. The molecule has 2 rings (SSSR count). The number of benzene rings is 1. The Morgan fingerprint density at radius 2 is 2.00 bits per heavy atom. The van der Waals surface area contributed by atoms with Crippen molar-refractivity contribution in [2.75, 3.05) is 0 Å². The highest BCUT2D eigenvalue weighted by Crippen LogP contribution is 2.31. The number of nitrogens with zero attached hydrogens (tertiary/aromatic N) is 1. The number of pyridine rings is 1. The van der Waals surface area contributed by atoms with Gasteiger partial charge in [-0.15, -0.1) is 0 Å². The number of halogens is 2. The molecule has 0 fully saturated rings. The molecule has 0 saturated heterocycles. The molecule has 1 N–H and O–H groups in total. The molecule has 0 spiro atoms. The van der Waals surface area contributed by atoms with E-state index in [0.717, 1.165) is 0 Å². The fourth-order valence-electron chi connectivity index (χ4n) is 1.49. The number of hydrogen-bond acceptors (Lipinski definition) is 3. The third kappa shape index (κ3) is 3.16. The first-order chi connectivity index (χ1) is 8.97. The molecular formula is C13H9Cl2NO3. The molecule has 0 radical (unpaired) electrons. The molecular weight excluding hydrogens is 289 g/mol. The van der Waals surface area contributed by atoms with Crippen molar-refractivity contribution in [1.82, 2.24) is 4.98 Å². The molecule has 2 aromatic rings. The Labute approximate surface area is 119 Å². The first kappa shape index (κ1) is 13.6. The van der Waals surface area contributed by atoms with E-state index in [2.05, 4.69) is 4.98 Å². The molecule has 0 bridgehead atoms. The minimum atomic E-state index is -1.03. The van der Waals surface area contributed by atoms with Crippen molar-refractivity contribution in [2.45, 2.75) is 6.92 Å². The Kier molecular flexibility index (Phi) is 3.93. The van der Waals surface area contributed by atoms with Crippen LogP contribution in [0.15, 0.2) is 30.3 Å². The predicted octanol–water partition coefficient (Wildman–Crippen LogP) is 4.19. The summed E-state index contributed by atoms with van der Waals surface area (Å²) in [5, 5.41) is 9.76. The van der Waals surface area contributed by atoms with Crippen molar-refractivity contribution in [3.63, 3.8) is 0 Å². The summed E-state index contributed by atoms with van der Waals surface area (Å²) in [6.45, 7) is 1.60. The Morgan fingerprint density at radius 3 is 2.58 bits per heavy atom. The number of aryl methyl sites for hydroxylation is 1. The molecule has 0 aliphatic rings. The first-order valence-electron chi connectivity index (χ1n) is 5.31. The molecule has 1 aromatic heterocycles. The van der Waals surface area contributed by atoms with Crippen LogP contribution in [0.1, 0.15) is 16.1 Å². The number of ether oxygens (including phenoxy) is 1. The number of hydrogen-bond donors (Lipinski definition) is 1. The van der Waals surface area contributed by atoms with Crippen molar-refractivity contribution in [2.24, 2.45) is 0 Å². The fraction of sp³-hybridized carbons (Fsp3) is 0.0769. The van der Waals surface area contributed by atoms with E-state index >= 15 is 0 Å². The van der Waals surface area contributed by atoms with E-state index in [4.69, 9.17) is 33.0 Å². The summed E-state index contributed by atoms with van der Waals surface area (Å²) in [5.41, 5.74) is 0.504. The summed E-state index contributed by atoms with van der Waals surface area (Å²) in [6.07, 6.45) is 0. The second-order valence-corrected chi connectivity index (χ2v) is 4.61. The molecule has 0 amide bonds. The summed E-state index contributed by atoms with van der Waals surface area (Å²) in [5.74, 6) is -0.353. The lowest BCUT2D eigenvalue weighted by Crippen LogP contribution is -2.02. The van der Waals surface area contributed by atoms with Crippen LogP contribution in [-0.4, -0.2) is 16.1 Å². The first-order valence-corrected chi connectivity index (χ1v) is 6.07. The molecule has 1 heterocycles. The highest BCUT2D eigenvalue weighted by atomic mass is 35.5. The van der Waals surface area contributed by atoms with Crippen LogP contribution in [0.3, 0.4) is 0 Å². The highest BCUT2D eigenvalue weighted by molar-refractivity contribution is 6.35. The van der Waals surface area contributed by atoms with Crippen molar-refractivity contribution in [3.05, 3.63) is 51.6 Å². The zero-order valence-corrected chi connectivity index (χ0v) is 11.4. The van der Waals surface area contributed by atoms with Crippen LogP contribution in [0.25, 0.3) is 0 Å². The third-order valence-electron chi connectivity index (χ3n) is 2.40. The maximum Gasteiger partial charge on any atom is 0.337 e. The number of rotatable bonds is 3. The van der Waals surface area contributed by atoms with Gasteiger partial charge < -0.3 is 9.84 Å². The molecule has 6 heteroatoms. The van der Waals surface area contributed by atoms with Gasteiger partial charge in [-0.05, 0) is 31.2 Å². The summed E-state index contributed by atoms with van der Waals surface area (Å²) >= 11 is 11.7. The van der Waals surface area contributed by atoms with Gasteiger partial charge in [0, 0.05) is 11.1 Å². The molecule has 0 saturated carbocycles. The normalized spacial score (nSPS) is 10.3. The lowest BCUT2D eigenvalue weighted by Gasteiger charge is -2.08. The number of carboxylic acid groups (broad SMARTS) is 1. The second-order valence-electron chi connectivity index (χ2n) is 3.76. The molecule has 0 aliphatic carbocycles. The smallest absolute Gasteiger partial charge is 0.337 e. The van der Waals surface area contributed by atoms with Gasteiger partial charge in [0.1, 0.15) is 5.75 Å². The van der Waals surface area contributed by atoms with Gasteiger partial charge in [0.2, 0.25) is 5.88 Å². The van der Waals surface area contributed by atoms with Crippen molar-refractivity contribution in [3.8, 4) is 11.6 Å². The summed E-state index contributed by atoms with van der Waals surface area (Å²) in [7, 11) is 0. The molecule has 0 unspecified atom stereocenters. The van der Waals surface area contributed by atoms with E-state index in [1.807, 2.05) is 0 Å². The van der Waals surface area contributed by atoms with Crippen LogP contribution < -0.4 is 4.74 Å². The maximum atomic E-state index is 10.9. The second kappa shape index (κ2) is 5.47. The quantitative estimate of drug-likeness (QED) is 0.923. The number of aromatic nitrogens is 1. The molecule has 4 nitrogen and oxygen atoms in total. The fourth-order valence-corrected chi connectivity index (χ4v) is 1.94. The number of carbonyl (C=O) groups is 1. The third-order valence-corrected chi connectivity index (χ3v) is 2.93. The van der Waals surface area contributed by atoms with E-state index in [9.17, 15) is 4.79 Å². The van der Waals surface area contributed by atoms with Crippen LogP contribution in [-0.2, 0) is 0 Å². The zero-order chi connectivity index (χ0) is 14.0. The van der Waals surface area contributed by atoms with Gasteiger partial charge in [-0.25, -0.2) is 9.78 Å². The minimum absolute atomic E-state index is 0.134. The molecule has 0 atom stereocenters. The summed E-state index contributed by atoms with van der Waals surface area (Å²) < 4.78 is 5.49. The average Bonchev–Trinajstić information content (AvgIpc) is 2.32. The Hall–Kier alpha value is -1.78. The molecule has 98 valence electrons. The zero-order valence-electron chi connectivity index (χ0n) is 9.85. The summed E-state index contributed by atoms with van der Waals surface area (Å²) in [6, 6.07) is 7.72. The molecule has 1 aromatic carbocycles. The maximum absolute atomic E-state index is 10.9. The Balaban J connectivity index is 2.29. The van der Waals surface area contributed by atoms with E-state index in [-0.39, 0.29) is 11.4 Å². The standard InChI is InChI=1S/C13H9Cl2NO3/c1-7-9(13(17)18)3-5-12(16-7)19-11-4-2-8(14)6-10(11)15/h2-6H,1H3,(H,17,18). The van der Waals surface area contributed by atoms with Crippen LogP contribution in [0.4, 0.5) is 0 Å². The monoisotopic (exact) mass is 297 g/mol. The van der Waals surface area contributed by atoms with Gasteiger partial charge in [-0.2, -0.15) is 0 Å². The average molecular weight is 298 g/mol. The Morgan fingerprint density at radius 1 is 1.26 bits per heavy atom. The van der Waals surface area contributed by atoms with Crippen LogP contribution in [0, 0.1) is 6.92 Å². The highest BCUT2D eigenvalue weighted by Gasteiger charge is 2.10. The molecule has 0 aliphatic heterocycles. The van der Waals surface area contributed by atoms with Gasteiger partial charge in [0.05, 0.1) is 16.3 Å². The van der Waals surface area contributed by atoms with E-state index in [1.54, 1.807) is 25.1 Å². The molecule has 19 heavy (non-hydrogen) atoms. The van der Waals surface area contributed by atoms with Gasteiger partial charge in [0.25, 0.3) is 0 Å². The topological polar surface area (TPSA) is 59.4 Å². The largest absolute Gasteiger partial charge is 0.478 e. The summed E-state index contributed by atoms with van der Waals surface area (Å²) in [4.78, 5) is 14.9. The number of aromatic carboxylic acids is 1. The lowest BCUT2D eigenvalue weighted by molar-refractivity contribution is 0.0695. The van der Waals surface area contributed by atoms with Crippen molar-refractivity contribution >= 4 is 29.2 Å². The van der Waals surface area contributed by atoms with Gasteiger partial charge in [0.15, 0.2) is 0 Å². The van der Waals surface area contributed by atoms with Crippen LogP contribution >= 0.6 is 23.2 Å². The SMILES string of the molecule is Cc1nc(Oc2ccc(Cl)cc2Cl)ccc1C(=O)O. The van der Waals surface area contributed by atoms with Crippen LogP contribution in [0.2, 0.25) is 10.0 Å². The number of carboxylic acids is 1. The Bertz CT molecular complexity index is 644. The van der Waals surface area contributed by atoms with E-state index in [1.165, 1.54) is 12.1 Å². The van der Waals surface area contributed by atoms with E-state index in [0.29, 0.717) is 21.5 Å². The van der Waals surface area contributed by atoms with Crippen molar-refractivity contribution in [1.29, 1.82) is 0 Å².